The van der Waals surface area contributed by atoms with E-state index in [-0.39, 0.29) is 17.0 Å². The van der Waals surface area contributed by atoms with Crippen LogP contribution in [0.5, 0.6) is 0 Å². The Morgan fingerprint density at radius 2 is 2.11 bits per heavy atom. The molecule has 6 heteroatoms. The van der Waals surface area contributed by atoms with Gasteiger partial charge in [-0.05, 0) is 18.2 Å². The lowest BCUT2D eigenvalue weighted by Crippen LogP contribution is -2.27. The van der Waals surface area contributed by atoms with Gasteiger partial charge in [0.1, 0.15) is 5.82 Å². The number of hydrogen-bond donors (Lipinski definition) is 1. The fourth-order valence-electron chi connectivity index (χ4n) is 1.31. The highest BCUT2D eigenvalue weighted by Gasteiger charge is 2.22. The van der Waals surface area contributed by atoms with Gasteiger partial charge in [0.15, 0.2) is 0 Å². The van der Waals surface area contributed by atoms with Crippen molar-refractivity contribution >= 4 is 10.0 Å². The van der Waals surface area contributed by atoms with E-state index in [0.29, 0.717) is 6.54 Å². The Bertz CT molecular complexity index is 588. The van der Waals surface area contributed by atoms with E-state index in [2.05, 4.69) is 11.8 Å². The van der Waals surface area contributed by atoms with Crippen molar-refractivity contribution in [2.24, 2.45) is 5.73 Å². The second-order valence-corrected chi connectivity index (χ2v) is 5.58. The minimum absolute atomic E-state index is 0.00537. The van der Waals surface area contributed by atoms with Crippen LogP contribution in [0.2, 0.25) is 0 Å². The van der Waals surface area contributed by atoms with Crippen molar-refractivity contribution in [3.63, 3.8) is 0 Å². The Morgan fingerprint density at radius 3 is 2.67 bits per heavy atom. The monoisotopic (exact) mass is 270 g/mol. The normalized spacial score (nSPS) is 11.2. The number of nitrogens with two attached hydrogens (primary N) is 1. The third kappa shape index (κ3) is 3.07. The quantitative estimate of drug-likeness (QED) is 0.825. The van der Waals surface area contributed by atoms with Crippen molar-refractivity contribution < 1.29 is 12.8 Å². The summed E-state index contributed by atoms with van der Waals surface area (Å²) in [6.07, 6.45) is 0. The second kappa shape index (κ2) is 5.96. The lowest BCUT2D eigenvalue weighted by atomic mass is 10.2. The van der Waals surface area contributed by atoms with Crippen LogP contribution < -0.4 is 5.73 Å². The molecular formula is C12H15FN2O2S. The molecule has 1 aromatic carbocycles. The molecule has 0 saturated heterocycles. The standard InChI is InChI=1S/C12H15FN2O2S/c1-3-15(2)18(16,17)12-7-6-11(13)9-10(12)5-4-8-14/h6-7,9H,3,8,14H2,1-2H3. The highest BCUT2D eigenvalue weighted by atomic mass is 32.2. The Kier molecular flexibility index (Phi) is 4.84. The smallest absolute Gasteiger partial charge is 0.244 e. The number of hydrogen-bond acceptors (Lipinski definition) is 3. The molecule has 0 aliphatic carbocycles. The third-order valence-electron chi connectivity index (χ3n) is 2.40. The van der Waals surface area contributed by atoms with Crippen molar-refractivity contribution in [1.29, 1.82) is 0 Å². The molecular weight excluding hydrogens is 255 g/mol. The van der Waals surface area contributed by atoms with Crippen LogP contribution in [0.15, 0.2) is 23.1 Å². The first-order chi connectivity index (χ1) is 8.43. The van der Waals surface area contributed by atoms with Crippen molar-refractivity contribution in [2.75, 3.05) is 20.1 Å². The van der Waals surface area contributed by atoms with Gasteiger partial charge >= 0.3 is 0 Å². The molecule has 0 fully saturated rings. The van der Waals surface area contributed by atoms with Crippen LogP contribution in [-0.2, 0) is 10.0 Å². The summed E-state index contributed by atoms with van der Waals surface area (Å²) in [5.41, 5.74) is 5.36. The molecule has 0 aliphatic heterocycles. The Morgan fingerprint density at radius 1 is 1.44 bits per heavy atom. The van der Waals surface area contributed by atoms with Crippen LogP contribution in [-0.4, -0.2) is 32.9 Å². The fourth-order valence-corrected chi connectivity index (χ4v) is 2.61. The van der Waals surface area contributed by atoms with Gasteiger partial charge in [0.25, 0.3) is 0 Å². The number of halogens is 1. The van der Waals surface area contributed by atoms with Crippen LogP contribution in [0.1, 0.15) is 12.5 Å². The first-order valence-electron chi connectivity index (χ1n) is 5.38. The predicted octanol–water partition coefficient (Wildman–Crippen LogP) is 0.776. The van der Waals surface area contributed by atoms with E-state index in [1.165, 1.54) is 17.4 Å². The molecule has 0 aromatic heterocycles. The van der Waals surface area contributed by atoms with Gasteiger partial charge in [-0.15, -0.1) is 0 Å². The van der Waals surface area contributed by atoms with Crippen LogP contribution in [0.3, 0.4) is 0 Å². The zero-order chi connectivity index (χ0) is 13.8. The molecule has 0 unspecified atom stereocenters. The Hall–Kier alpha value is -1.42. The molecule has 0 amide bonds. The molecule has 4 nitrogen and oxygen atoms in total. The largest absolute Gasteiger partial charge is 0.320 e. The van der Waals surface area contributed by atoms with E-state index < -0.39 is 15.8 Å². The number of nitrogens with zero attached hydrogens (tertiary/aromatic N) is 1. The summed E-state index contributed by atoms with van der Waals surface area (Å²) in [6.45, 7) is 2.12. The van der Waals surface area contributed by atoms with Gasteiger partial charge in [0.2, 0.25) is 10.0 Å². The van der Waals surface area contributed by atoms with E-state index in [1.807, 2.05) is 0 Å². The van der Waals surface area contributed by atoms with E-state index >= 15 is 0 Å². The average molecular weight is 270 g/mol. The first kappa shape index (κ1) is 14.6. The summed E-state index contributed by atoms with van der Waals surface area (Å²) in [7, 11) is -2.19. The molecule has 98 valence electrons. The summed E-state index contributed by atoms with van der Waals surface area (Å²) in [5, 5.41) is 0. The van der Waals surface area contributed by atoms with Gasteiger partial charge < -0.3 is 5.73 Å². The van der Waals surface area contributed by atoms with Crippen molar-refractivity contribution in [3.8, 4) is 11.8 Å². The maximum Gasteiger partial charge on any atom is 0.244 e. The van der Waals surface area contributed by atoms with Crippen LogP contribution in [0.4, 0.5) is 4.39 Å². The van der Waals surface area contributed by atoms with E-state index in [1.54, 1.807) is 6.92 Å². The topological polar surface area (TPSA) is 63.4 Å². The summed E-state index contributed by atoms with van der Waals surface area (Å²) >= 11 is 0. The van der Waals surface area contributed by atoms with Gasteiger partial charge in [-0.2, -0.15) is 0 Å². The summed E-state index contributed by atoms with van der Waals surface area (Å²) in [6, 6.07) is 3.42. The average Bonchev–Trinajstić information content (AvgIpc) is 2.34. The van der Waals surface area contributed by atoms with Crippen LogP contribution >= 0.6 is 0 Å². The van der Waals surface area contributed by atoms with E-state index in [9.17, 15) is 12.8 Å². The van der Waals surface area contributed by atoms with Crippen molar-refractivity contribution in [3.05, 3.63) is 29.6 Å². The molecule has 0 spiro atoms. The van der Waals surface area contributed by atoms with Crippen molar-refractivity contribution in [2.45, 2.75) is 11.8 Å². The zero-order valence-corrected chi connectivity index (χ0v) is 11.1. The SMILES string of the molecule is CCN(C)S(=O)(=O)c1ccc(F)cc1C#CCN. The summed E-state index contributed by atoms with van der Waals surface area (Å²) in [5.74, 6) is 4.57. The minimum atomic E-state index is -3.64. The molecule has 1 rings (SSSR count). The number of rotatable bonds is 3. The second-order valence-electron chi connectivity index (χ2n) is 3.57. The molecule has 0 atom stereocenters. The van der Waals surface area contributed by atoms with Crippen molar-refractivity contribution in [1.82, 2.24) is 4.31 Å². The van der Waals surface area contributed by atoms with E-state index in [4.69, 9.17) is 5.73 Å². The zero-order valence-electron chi connectivity index (χ0n) is 10.3. The van der Waals surface area contributed by atoms with Gasteiger partial charge in [-0.25, -0.2) is 17.1 Å². The predicted molar refractivity (Wildman–Crippen MR) is 67.8 cm³/mol. The molecule has 0 saturated carbocycles. The summed E-state index contributed by atoms with van der Waals surface area (Å²) < 4.78 is 38.6. The van der Waals surface area contributed by atoms with Gasteiger partial charge in [0, 0.05) is 19.2 Å². The Labute approximate surface area is 107 Å². The highest BCUT2D eigenvalue weighted by molar-refractivity contribution is 7.89. The third-order valence-corrected chi connectivity index (χ3v) is 4.39. The molecule has 18 heavy (non-hydrogen) atoms. The van der Waals surface area contributed by atoms with Gasteiger partial charge in [-0.3, -0.25) is 0 Å². The lowest BCUT2D eigenvalue weighted by Gasteiger charge is -2.15. The summed E-state index contributed by atoms with van der Waals surface area (Å²) in [4.78, 5) is -0.00537. The molecule has 2 N–H and O–H groups in total. The molecule has 1 aromatic rings. The lowest BCUT2D eigenvalue weighted by molar-refractivity contribution is 0.486. The maximum atomic E-state index is 13.1. The van der Waals surface area contributed by atoms with Crippen LogP contribution in [0.25, 0.3) is 0 Å². The molecule has 0 radical (unpaired) electrons. The number of sulfonamides is 1. The van der Waals surface area contributed by atoms with E-state index in [0.717, 1.165) is 12.1 Å². The molecule has 0 bridgehead atoms. The first-order valence-corrected chi connectivity index (χ1v) is 6.82. The van der Waals surface area contributed by atoms with Gasteiger partial charge in [0.05, 0.1) is 11.4 Å². The molecule has 0 aliphatic rings. The molecule has 0 heterocycles. The minimum Gasteiger partial charge on any atom is -0.320 e. The Balaban J connectivity index is 3.41. The fraction of sp³-hybridized carbons (Fsp3) is 0.333. The maximum absolute atomic E-state index is 13.1. The van der Waals surface area contributed by atoms with Gasteiger partial charge in [-0.1, -0.05) is 18.8 Å². The van der Waals surface area contributed by atoms with Crippen LogP contribution in [0, 0.1) is 17.7 Å². The number of benzene rings is 1. The highest BCUT2D eigenvalue weighted by Crippen LogP contribution is 2.19.